The van der Waals surface area contributed by atoms with E-state index in [0.717, 1.165) is 27.6 Å². The molecular weight excluding hydrogens is 454 g/mol. The van der Waals surface area contributed by atoms with Crippen molar-refractivity contribution in [2.45, 2.75) is 0 Å². The molecule has 0 aliphatic heterocycles. The van der Waals surface area contributed by atoms with Crippen LogP contribution in [0.4, 0.5) is 11.4 Å². The van der Waals surface area contributed by atoms with Gasteiger partial charge in [-0.05, 0) is 22.9 Å². The van der Waals surface area contributed by atoms with E-state index in [0.29, 0.717) is 16.5 Å². The van der Waals surface area contributed by atoms with E-state index in [9.17, 15) is 4.79 Å². The maximum atomic E-state index is 13.5. The number of H-pyrrole nitrogens is 1. The lowest BCUT2D eigenvalue weighted by Gasteiger charge is -1.99. The SMILES string of the molecule is O=c1c(N=Nc2ccc3ccccc3c2)c(-c2ccccc2)[nH]n1-c1nc(-c2ccccc2)cs1. The normalized spacial score (nSPS) is 11.4. The van der Waals surface area contributed by atoms with Gasteiger partial charge in [-0.25, -0.2) is 4.98 Å². The molecule has 6 rings (SSSR count). The second kappa shape index (κ2) is 8.96. The van der Waals surface area contributed by atoms with E-state index in [1.165, 1.54) is 16.0 Å². The van der Waals surface area contributed by atoms with E-state index in [4.69, 9.17) is 4.98 Å². The predicted molar refractivity (Wildman–Crippen MR) is 141 cm³/mol. The molecule has 0 aliphatic rings. The second-order valence-electron chi connectivity index (χ2n) is 7.95. The number of rotatable bonds is 5. The molecule has 6 nitrogen and oxygen atoms in total. The van der Waals surface area contributed by atoms with Crippen molar-refractivity contribution in [3.63, 3.8) is 0 Å². The molecule has 0 atom stereocenters. The van der Waals surface area contributed by atoms with Gasteiger partial charge < -0.3 is 0 Å². The smallest absolute Gasteiger partial charge is 0.286 e. The van der Waals surface area contributed by atoms with Crippen molar-refractivity contribution in [3.05, 3.63) is 119 Å². The molecule has 0 radical (unpaired) electrons. The Labute approximate surface area is 204 Å². The minimum atomic E-state index is -0.303. The first-order valence-corrected chi connectivity index (χ1v) is 12.0. The number of nitrogens with zero attached hydrogens (tertiary/aromatic N) is 4. The molecule has 168 valence electrons. The number of hydrogen-bond donors (Lipinski definition) is 1. The van der Waals surface area contributed by atoms with Crippen LogP contribution in [0.2, 0.25) is 0 Å². The first-order chi connectivity index (χ1) is 17.3. The minimum absolute atomic E-state index is 0.237. The summed E-state index contributed by atoms with van der Waals surface area (Å²) >= 11 is 1.39. The molecule has 4 aromatic carbocycles. The number of thiazole rings is 1. The molecule has 0 spiro atoms. The molecule has 2 aromatic heterocycles. The molecule has 6 aromatic rings. The Hall–Kier alpha value is -4.62. The van der Waals surface area contributed by atoms with Crippen LogP contribution in [0.3, 0.4) is 0 Å². The molecule has 2 heterocycles. The van der Waals surface area contributed by atoms with Gasteiger partial charge in [0.2, 0.25) is 5.13 Å². The van der Waals surface area contributed by atoms with Gasteiger partial charge in [0.1, 0.15) is 0 Å². The Bertz CT molecular complexity index is 1720. The summed E-state index contributed by atoms with van der Waals surface area (Å²) in [5, 5.41) is 16.7. The Kier molecular flexibility index (Phi) is 5.37. The van der Waals surface area contributed by atoms with Crippen molar-refractivity contribution >= 4 is 33.5 Å². The Morgan fingerprint density at radius 1 is 0.743 bits per heavy atom. The number of aromatic amines is 1. The number of benzene rings is 4. The number of hydrogen-bond acceptors (Lipinski definition) is 5. The predicted octanol–water partition coefficient (Wildman–Crippen LogP) is 7.52. The van der Waals surface area contributed by atoms with Gasteiger partial charge in [-0.3, -0.25) is 9.89 Å². The van der Waals surface area contributed by atoms with Crippen LogP contribution in [0.5, 0.6) is 0 Å². The minimum Gasteiger partial charge on any atom is -0.286 e. The number of aromatic nitrogens is 3. The zero-order valence-corrected chi connectivity index (χ0v) is 19.3. The van der Waals surface area contributed by atoms with Crippen molar-refractivity contribution in [1.29, 1.82) is 0 Å². The molecule has 35 heavy (non-hydrogen) atoms. The highest BCUT2D eigenvalue weighted by molar-refractivity contribution is 7.12. The summed E-state index contributed by atoms with van der Waals surface area (Å²) in [6.45, 7) is 0. The van der Waals surface area contributed by atoms with E-state index in [2.05, 4.69) is 15.3 Å². The summed E-state index contributed by atoms with van der Waals surface area (Å²) in [7, 11) is 0. The lowest BCUT2D eigenvalue weighted by molar-refractivity contribution is 0.843. The van der Waals surface area contributed by atoms with Gasteiger partial charge >= 0.3 is 5.56 Å². The number of nitrogens with one attached hydrogen (secondary N) is 1. The highest BCUT2D eigenvalue weighted by Crippen LogP contribution is 2.30. The standard InChI is InChI=1S/C28H19N5OS/c34-27-26(31-30-23-16-15-19-9-7-8-14-22(19)17-23)25(21-12-5-2-6-13-21)32-33(27)28-29-24(18-35-28)20-10-3-1-4-11-20/h1-18,32H. The quantitative estimate of drug-likeness (QED) is 0.263. The third-order valence-electron chi connectivity index (χ3n) is 5.68. The van der Waals surface area contributed by atoms with Gasteiger partial charge in [-0.15, -0.1) is 16.5 Å². The Balaban J connectivity index is 1.44. The van der Waals surface area contributed by atoms with Crippen LogP contribution in [-0.2, 0) is 0 Å². The van der Waals surface area contributed by atoms with Crippen LogP contribution < -0.4 is 5.56 Å². The van der Waals surface area contributed by atoms with E-state index in [1.54, 1.807) is 0 Å². The summed E-state index contributed by atoms with van der Waals surface area (Å²) < 4.78 is 1.44. The number of fused-ring (bicyclic) bond motifs is 1. The fraction of sp³-hybridized carbons (Fsp3) is 0. The highest BCUT2D eigenvalue weighted by atomic mass is 32.1. The second-order valence-corrected chi connectivity index (χ2v) is 8.79. The van der Waals surface area contributed by atoms with Gasteiger partial charge in [0.25, 0.3) is 0 Å². The average Bonchev–Trinajstić information content (AvgIpc) is 3.53. The lowest BCUT2D eigenvalue weighted by Crippen LogP contribution is -2.13. The van der Waals surface area contributed by atoms with Crippen LogP contribution in [-0.4, -0.2) is 14.8 Å². The van der Waals surface area contributed by atoms with Crippen molar-refractivity contribution in [2.24, 2.45) is 10.2 Å². The fourth-order valence-corrected chi connectivity index (χ4v) is 4.71. The van der Waals surface area contributed by atoms with E-state index >= 15 is 0 Å². The molecule has 0 unspecified atom stereocenters. The molecule has 0 fully saturated rings. The van der Waals surface area contributed by atoms with Gasteiger partial charge in [0.05, 0.1) is 17.1 Å². The Morgan fingerprint density at radius 2 is 1.43 bits per heavy atom. The summed E-state index contributed by atoms with van der Waals surface area (Å²) in [6, 6.07) is 33.4. The molecule has 1 N–H and O–H groups in total. The third kappa shape index (κ3) is 4.09. The fourth-order valence-electron chi connectivity index (χ4n) is 3.92. The van der Waals surface area contributed by atoms with Crippen molar-refractivity contribution in [2.75, 3.05) is 0 Å². The van der Waals surface area contributed by atoms with E-state index in [-0.39, 0.29) is 11.2 Å². The number of azo groups is 1. The van der Waals surface area contributed by atoms with E-state index in [1.807, 2.05) is 109 Å². The van der Waals surface area contributed by atoms with Crippen LogP contribution in [0, 0.1) is 0 Å². The molecule has 0 aliphatic carbocycles. The van der Waals surface area contributed by atoms with Crippen molar-refractivity contribution in [1.82, 2.24) is 14.8 Å². The maximum absolute atomic E-state index is 13.5. The first-order valence-electron chi connectivity index (χ1n) is 11.1. The van der Waals surface area contributed by atoms with Gasteiger partial charge in [0.15, 0.2) is 5.69 Å². The largest absolute Gasteiger partial charge is 0.301 e. The molecule has 0 saturated heterocycles. The van der Waals surface area contributed by atoms with Crippen LogP contribution >= 0.6 is 11.3 Å². The Morgan fingerprint density at radius 3 is 2.20 bits per heavy atom. The summed E-state index contributed by atoms with van der Waals surface area (Å²) in [5.74, 6) is 0. The monoisotopic (exact) mass is 473 g/mol. The molecule has 0 bridgehead atoms. The zero-order valence-electron chi connectivity index (χ0n) is 18.5. The van der Waals surface area contributed by atoms with Gasteiger partial charge in [-0.2, -0.15) is 9.80 Å². The van der Waals surface area contributed by atoms with Crippen molar-refractivity contribution < 1.29 is 0 Å². The van der Waals surface area contributed by atoms with Crippen molar-refractivity contribution in [3.8, 4) is 27.6 Å². The summed E-state index contributed by atoms with van der Waals surface area (Å²) in [6.07, 6.45) is 0. The summed E-state index contributed by atoms with van der Waals surface area (Å²) in [4.78, 5) is 18.2. The van der Waals surface area contributed by atoms with Crippen LogP contribution in [0.25, 0.3) is 38.4 Å². The first kappa shape index (κ1) is 20.9. The summed E-state index contributed by atoms with van der Waals surface area (Å²) in [5.41, 5.74) is 3.85. The topological polar surface area (TPSA) is 75.4 Å². The lowest BCUT2D eigenvalue weighted by atomic mass is 10.1. The zero-order chi connectivity index (χ0) is 23.6. The van der Waals surface area contributed by atoms with Gasteiger partial charge in [-0.1, -0.05) is 91.0 Å². The average molecular weight is 474 g/mol. The molecule has 0 amide bonds. The van der Waals surface area contributed by atoms with Crippen LogP contribution in [0.15, 0.2) is 124 Å². The molecule has 0 saturated carbocycles. The molecule has 7 heteroatoms. The molecular formula is C28H19N5OS. The maximum Gasteiger partial charge on any atom is 0.301 e. The van der Waals surface area contributed by atoms with Gasteiger partial charge in [0, 0.05) is 16.5 Å². The van der Waals surface area contributed by atoms with E-state index < -0.39 is 0 Å². The highest BCUT2D eigenvalue weighted by Gasteiger charge is 2.19. The van der Waals surface area contributed by atoms with Crippen LogP contribution in [0.1, 0.15) is 0 Å². The third-order valence-corrected chi connectivity index (χ3v) is 6.51.